The average Bonchev–Trinajstić information content (AvgIpc) is 3.14. The summed E-state index contributed by atoms with van der Waals surface area (Å²) in [5, 5.41) is 7.86. The quantitative estimate of drug-likeness (QED) is 0.916. The monoisotopic (exact) mass is 286 g/mol. The van der Waals surface area contributed by atoms with Crippen LogP contribution >= 0.6 is 0 Å². The Hall–Kier alpha value is -1.72. The SMILES string of the molecule is CC(NCC1CCOC1c1cnn(C)c1)c1ccncc1. The Balaban J connectivity index is 1.59. The first-order chi connectivity index (χ1) is 10.2. The standard InChI is InChI=1S/C16H22N4O/c1-12(13-3-6-17-7-4-13)18-9-14-5-8-21-16(14)15-10-19-20(2)11-15/h3-4,6-7,10-12,14,16,18H,5,8-9H2,1-2H3. The molecule has 2 aromatic heterocycles. The zero-order valence-corrected chi connectivity index (χ0v) is 12.6. The van der Waals surface area contributed by atoms with Gasteiger partial charge in [-0.05, 0) is 31.0 Å². The van der Waals surface area contributed by atoms with Gasteiger partial charge in [-0.25, -0.2) is 0 Å². The Morgan fingerprint density at radius 3 is 2.95 bits per heavy atom. The molecule has 5 nitrogen and oxygen atoms in total. The van der Waals surface area contributed by atoms with Crippen LogP contribution in [0.3, 0.4) is 0 Å². The molecular formula is C16H22N4O. The average molecular weight is 286 g/mol. The molecule has 0 aliphatic carbocycles. The van der Waals surface area contributed by atoms with Crippen molar-refractivity contribution < 1.29 is 4.74 Å². The van der Waals surface area contributed by atoms with Gasteiger partial charge in [-0.3, -0.25) is 9.67 Å². The smallest absolute Gasteiger partial charge is 0.0896 e. The first-order valence-corrected chi connectivity index (χ1v) is 7.47. The molecule has 3 unspecified atom stereocenters. The summed E-state index contributed by atoms with van der Waals surface area (Å²) in [5.41, 5.74) is 2.44. The summed E-state index contributed by atoms with van der Waals surface area (Å²) in [6.07, 6.45) is 8.89. The summed E-state index contributed by atoms with van der Waals surface area (Å²) in [4.78, 5) is 4.06. The number of nitrogens with zero attached hydrogens (tertiary/aromatic N) is 3. The molecular weight excluding hydrogens is 264 g/mol. The predicted molar refractivity (Wildman–Crippen MR) is 80.7 cm³/mol. The lowest BCUT2D eigenvalue weighted by molar-refractivity contribution is 0.0899. The third-order valence-corrected chi connectivity index (χ3v) is 4.16. The highest BCUT2D eigenvalue weighted by Crippen LogP contribution is 2.34. The van der Waals surface area contributed by atoms with Gasteiger partial charge in [0.2, 0.25) is 0 Å². The van der Waals surface area contributed by atoms with Crippen LogP contribution in [0.15, 0.2) is 36.9 Å². The fraction of sp³-hybridized carbons (Fsp3) is 0.500. The summed E-state index contributed by atoms with van der Waals surface area (Å²) >= 11 is 0. The molecule has 1 saturated heterocycles. The highest BCUT2D eigenvalue weighted by molar-refractivity contribution is 5.14. The van der Waals surface area contributed by atoms with Crippen molar-refractivity contribution in [2.24, 2.45) is 13.0 Å². The minimum Gasteiger partial charge on any atom is -0.373 e. The summed E-state index contributed by atoms with van der Waals surface area (Å²) in [6, 6.07) is 4.44. The molecule has 0 amide bonds. The van der Waals surface area contributed by atoms with Crippen LogP contribution in [0.1, 0.15) is 36.6 Å². The molecule has 3 atom stereocenters. The highest BCUT2D eigenvalue weighted by Gasteiger charge is 2.30. The van der Waals surface area contributed by atoms with Crippen molar-refractivity contribution in [3.05, 3.63) is 48.0 Å². The summed E-state index contributed by atoms with van der Waals surface area (Å²) < 4.78 is 7.73. The third kappa shape index (κ3) is 3.31. The van der Waals surface area contributed by atoms with Crippen LogP contribution in [0.2, 0.25) is 0 Å². The van der Waals surface area contributed by atoms with E-state index in [0.29, 0.717) is 12.0 Å². The molecule has 0 spiro atoms. The van der Waals surface area contributed by atoms with Crippen LogP contribution in [0.4, 0.5) is 0 Å². The predicted octanol–water partition coefficient (Wildman–Crippen LogP) is 2.24. The van der Waals surface area contributed by atoms with Gasteiger partial charge in [-0.2, -0.15) is 5.10 Å². The number of hydrogen-bond acceptors (Lipinski definition) is 4. The minimum atomic E-state index is 0.163. The number of aromatic nitrogens is 3. The molecule has 112 valence electrons. The molecule has 0 aromatic carbocycles. The maximum absolute atomic E-state index is 5.90. The Bertz CT molecular complexity index is 569. The lowest BCUT2D eigenvalue weighted by Gasteiger charge is -2.21. The lowest BCUT2D eigenvalue weighted by atomic mass is 9.96. The van der Waals surface area contributed by atoms with Gasteiger partial charge in [0, 0.05) is 56.3 Å². The van der Waals surface area contributed by atoms with Crippen molar-refractivity contribution >= 4 is 0 Å². The van der Waals surface area contributed by atoms with E-state index in [2.05, 4.69) is 40.7 Å². The fourth-order valence-corrected chi connectivity index (χ4v) is 2.90. The van der Waals surface area contributed by atoms with Gasteiger partial charge >= 0.3 is 0 Å². The molecule has 0 radical (unpaired) electrons. The van der Waals surface area contributed by atoms with Crippen molar-refractivity contribution in [1.82, 2.24) is 20.1 Å². The second-order valence-corrected chi connectivity index (χ2v) is 5.70. The van der Waals surface area contributed by atoms with Crippen molar-refractivity contribution in [2.75, 3.05) is 13.2 Å². The van der Waals surface area contributed by atoms with Gasteiger partial charge in [-0.1, -0.05) is 0 Å². The minimum absolute atomic E-state index is 0.163. The van der Waals surface area contributed by atoms with Crippen molar-refractivity contribution in [2.45, 2.75) is 25.5 Å². The number of ether oxygens (including phenoxy) is 1. The molecule has 1 aliphatic heterocycles. The van der Waals surface area contributed by atoms with Gasteiger partial charge < -0.3 is 10.1 Å². The number of aryl methyl sites for hydroxylation is 1. The Morgan fingerprint density at radius 1 is 1.43 bits per heavy atom. The maximum atomic E-state index is 5.90. The van der Waals surface area contributed by atoms with Crippen LogP contribution in [0, 0.1) is 5.92 Å². The second kappa shape index (κ2) is 6.37. The number of rotatable bonds is 5. The van der Waals surface area contributed by atoms with Gasteiger partial charge in [0.05, 0.1) is 12.3 Å². The summed E-state index contributed by atoms with van der Waals surface area (Å²) in [5.74, 6) is 0.499. The Morgan fingerprint density at radius 2 is 2.24 bits per heavy atom. The van der Waals surface area contributed by atoms with Gasteiger partial charge in [0.25, 0.3) is 0 Å². The number of hydrogen-bond donors (Lipinski definition) is 1. The molecule has 3 rings (SSSR count). The van der Waals surface area contributed by atoms with E-state index in [1.807, 2.05) is 30.3 Å². The Labute approximate surface area is 125 Å². The molecule has 1 fully saturated rings. The number of pyridine rings is 1. The van der Waals surface area contributed by atoms with E-state index in [1.54, 1.807) is 0 Å². The van der Waals surface area contributed by atoms with Crippen molar-refractivity contribution in [1.29, 1.82) is 0 Å². The van der Waals surface area contributed by atoms with Crippen LogP contribution in [-0.2, 0) is 11.8 Å². The maximum Gasteiger partial charge on any atom is 0.0896 e. The van der Waals surface area contributed by atoms with Gasteiger partial charge in [0.1, 0.15) is 0 Å². The lowest BCUT2D eigenvalue weighted by Crippen LogP contribution is -2.27. The highest BCUT2D eigenvalue weighted by atomic mass is 16.5. The van der Waals surface area contributed by atoms with E-state index < -0.39 is 0 Å². The largest absolute Gasteiger partial charge is 0.373 e. The summed E-state index contributed by atoms with van der Waals surface area (Å²) in [6.45, 7) is 3.96. The molecule has 2 aromatic rings. The molecule has 0 bridgehead atoms. The van der Waals surface area contributed by atoms with Crippen LogP contribution in [0.25, 0.3) is 0 Å². The topological polar surface area (TPSA) is 52.0 Å². The van der Waals surface area contributed by atoms with Gasteiger partial charge in [0.15, 0.2) is 0 Å². The first kappa shape index (κ1) is 14.2. The molecule has 1 aliphatic rings. The van der Waals surface area contributed by atoms with E-state index in [1.165, 1.54) is 11.1 Å². The van der Waals surface area contributed by atoms with Crippen LogP contribution in [0.5, 0.6) is 0 Å². The van der Waals surface area contributed by atoms with E-state index in [4.69, 9.17) is 4.74 Å². The van der Waals surface area contributed by atoms with Crippen molar-refractivity contribution in [3.63, 3.8) is 0 Å². The number of nitrogens with one attached hydrogen (secondary N) is 1. The molecule has 21 heavy (non-hydrogen) atoms. The molecule has 0 saturated carbocycles. The first-order valence-electron chi connectivity index (χ1n) is 7.47. The third-order valence-electron chi connectivity index (χ3n) is 4.16. The van der Waals surface area contributed by atoms with E-state index in [-0.39, 0.29) is 6.10 Å². The Kier molecular flexibility index (Phi) is 4.31. The second-order valence-electron chi connectivity index (χ2n) is 5.70. The van der Waals surface area contributed by atoms with E-state index >= 15 is 0 Å². The zero-order chi connectivity index (χ0) is 14.7. The molecule has 1 N–H and O–H groups in total. The van der Waals surface area contributed by atoms with Gasteiger partial charge in [-0.15, -0.1) is 0 Å². The van der Waals surface area contributed by atoms with Crippen LogP contribution in [-0.4, -0.2) is 27.9 Å². The van der Waals surface area contributed by atoms with E-state index in [9.17, 15) is 0 Å². The van der Waals surface area contributed by atoms with Crippen molar-refractivity contribution in [3.8, 4) is 0 Å². The molecule has 5 heteroatoms. The van der Waals surface area contributed by atoms with Crippen LogP contribution < -0.4 is 5.32 Å². The normalized spacial score (nSPS) is 23.3. The summed E-state index contributed by atoms with van der Waals surface area (Å²) in [7, 11) is 1.94. The molecule has 3 heterocycles. The fourth-order valence-electron chi connectivity index (χ4n) is 2.90. The van der Waals surface area contributed by atoms with E-state index in [0.717, 1.165) is 19.6 Å². The zero-order valence-electron chi connectivity index (χ0n) is 12.6.